The van der Waals surface area contributed by atoms with Crippen molar-refractivity contribution in [3.63, 3.8) is 0 Å². The largest absolute Gasteiger partial charge is 0.490 e. The van der Waals surface area contributed by atoms with Crippen LogP contribution in [0.4, 0.5) is 0 Å². The second-order valence-electron chi connectivity index (χ2n) is 6.98. The predicted molar refractivity (Wildman–Crippen MR) is 85.1 cm³/mol. The number of nitrogens with one attached hydrogen (secondary N) is 1. The van der Waals surface area contributed by atoms with E-state index in [-0.39, 0.29) is 5.60 Å². The van der Waals surface area contributed by atoms with Crippen molar-refractivity contribution in [2.45, 2.75) is 70.1 Å². The molecule has 0 spiro atoms. The second kappa shape index (κ2) is 5.88. The van der Waals surface area contributed by atoms with E-state index in [1.165, 1.54) is 37.7 Å². The lowest BCUT2D eigenvalue weighted by Gasteiger charge is -2.37. The first-order valence-electron chi connectivity index (χ1n) is 8.24. The molecular weight excluding hydrogens is 262 g/mol. The lowest BCUT2D eigenvalue weighted by Crippen LogP contribution is -2.38. The van der Waals surface area contributed by atoms with Crippen LogP contribution in [0.2, 0.25) is 0 Å². The van der Waals surface area contributed by atoms with Crippen molar-refractivity contribution in [3.8, 4) is 11.5 Å². The highest BCUT2D eigenvalue weighted by Gasteiger charge is 2.33. The monoisotopic (exact) mass is 289 g/mol. The highest BCUT2D eigenvalue weighted by molar-refractivity contribution is 5.44. The van der Waals surface area contributed by atoms with Gasteiger partial charge in [0, 0.05) is 24.1 Å². The fraction of sp³-hybridized carbons (Fsp3) is 0.667. The molecule has 3 nitrogen and oxygen atoms in total. The fourth-order valence-corrected chi connectivity index (χ4v) is 3.54. The number of hydrogen-bond donors (Lipinski definition) is 1. The van der Waals surface area contributed by atoms with Gasteiger partial charge in [-0.1, -0.05) is 12.5 Å². The molecule has 1 aliphatic heterocycles. The molecular formula is C18H27NO2. The summed E-state index contributed by atoms with van der Waals surface area (Å²) < 4.78 is 12.3. The van der Waals surface area contributed by atoms with E-state index in [1.807, 2.05) is 7.05 Å². The van der Waals surface area contributed by atoms with Crippen LogP contribution in [0.1, 0.15) is 64.0 Å². The van der Waals surface area contributed by atoms with Gasteiger partial charge in [0.1, 0.15) is 17.1 Å². The maximum Gasteiger partial charge on any atom is 0.128 e. The number of rotatable bonds is 3. The SMILES string of the molecule is CNC1CC(C)(C)Oc2cc(OC3CCCCC3)ccc21. The third kappa shape index (κ3) is 3.34. The van der Waals surface area contributed by atoms with Crippen LogP contribution in [0.15, 0.2) is 18.2 Å². The Morgan fingerprint density at radius 3 is 2.67 bits per heavy atom. The first kappa shape index (κ1) is 14.7. The molecule has 116 valence electrons. The maximum absolute atomic E-state index is 6.16. The van der Waals surface area contributed by atoms with E-state index in [4.69, 9.17) is 9.47 Å². The van der Waals surface area contributed by atoms with E-state index in [0.29, 0.717) is 12.1 Å². The molecule has 1 N–H and O–H groups in total. The predicted octanol–water partition coefficient (Wildman–Crippen LogP) is 4.22. The van der Waals surface area contributed by atoms with E-state index in [1.54, 1.807) is 0 Å². The van der Waals surface area contributed by atoms with Crippen LogP contribution in [0.3, 0.4) is 0 Å². The number of hydrogen-bond acceptors (Lipinski definition) is 3. The lowest BCUT2D eigenvalue weighted by molar-refractivity contribution is 0.0665. The molecule has 0 aromatic heterocycles. The molecule has 0 radical (unpaired) electrons. The molecule has 1 atom stereocenters. The quantitative estimate of drug-likeness (QED) is 0.903. The highest BCUT2D eigenvalue weighted by Crippen LogP contribution is 2.41. The van der Waals surface area contributed by atoms with Crippen LogP contribution in [0.25, 0.3) is 0 Å². The summed E-state index contributed by atoms with van der Waals surface area (Å²) in [4.78, 5) is 0. The summed E-state index contributed by atoms with van der Waals surface area (Å²) in [5, 5.41) is 3.40. The number of fused-ring (bicyclic) bond motifs is 1. The molecule has 0 saturated heterocycles. The van der Waals surface area contributed by atoms with Crippen LogP contribution in [-0.4, -0.2) is 18.8 Å². The van der Waals surface area contributed by atoms with Crippen molar-refractivity contribution >= 4 is 0 Å². The van der Waals surface area contributed by atoms with Gasteiger partial charge in [-0.05, 0) is 52.6 Å². The first-order valence-corrected chi connectivity index (χ1v) is 8.24. The summed E-state index contributed by atoms with van der Waals surface area (Å²) in [6.45, 7) is 4.30. The zero-order valence-corrected chi connectivity index (χ0v) is 13.4. The van der Waals surface area contributed by atoms with E-state index in [0.717, 1.165) is 17.9 Å². The normalized spacial score (nSPS) is 25.0. The van der Waals surface area contributed by atoms with E-state index in [9.17, 15) is 0 Å². The molecule has 1 aliphatic carbocycles. The van der Waals surface area contributed by atoms with Crippen LogP contribution in [-0.2, 0) is 0 Å². The Morgan fingerprint density at radius 1 is 1.19 bits per heavy atom. The van der Waals surface area contributed by atoms with Crippen molar-refractivity contribution in [1.29, 1.82) is 0 Å². The van der Waals surface area contributed by atoms with Gasteiger partial charge in [0.25, 0.3) is 0 Å². The Labute approximate surface area is 128 Å². The molecule has 0 bridgehead atoms. The zero-order valence-electron chi connectivity index (χ0n) is 13.4. The third-order valence-electron chi connectivity index (χ3n) is 4.65. The Hall–Kier alpha value is -1.22. The van der Waals surface area contributed by atoms with Gasteiger partial charge in [0.05, 0.1) is 6.10 Å². The maximum atomic E-state index is 6.16. The van der Waals surface area contributed by atoms with Crippen molar-refractivity contribution in [3.05, 3.63) is 23.8 Å². The third-order valence-corrected chi connectivity index (χ3v) is 4.65. The van der Waals surface area contributed by atoms with Crippen molar-refractivity contribution in [2.24, 2.45) is 0 Å². The minimum Gasteiger partial charge on any atom is -0.490 e. The summed E-state index contributed by atoms with van der Waals surface area (Å²) in [6, 6.07) is 6.69. The number of ether oxygens (including phenoxy) is 2. The van der Waals surface area contributed by atoms with Gasteiger partial charge in [-0.25, -0.2) is 0 Å². The molecule has 1 saturated carbocycles. The topological polar surface area (TPSA) is 30.5 Å². The lowest BCUT2D eigenvalue weighted by atomic mass is 9.90. The van der Waals surface area contributed by atoms with Gasteiger partial charge in [-0.15, -0.1) is 0 Å². The van der Waals surface area contributed by atoms with Crippen molar-refractivity contribution < 1.29 is 9.47 Å². The fourth-order valence-electron chi connectivity index (χ4n) is 3.54. The van der Waals surface area contributed by atoms with Crippen LogP contribution < -0.4 is 14.8 Å². The number of benzene rings is 1. The van der Waals surface area contributed by atoms with Gasteiger partial charge in [-0.3, -0.25) is 0 Å². The molecule has 2 aliphatic rings. The minimum absolute atomic E-state index is 0.135. The van der Waals surface area contributed by atoms with Crippen LogP contribution in [0, 0.1) is 0 Å². The van der Waals surface area contributed by atoms with Crippen molar-refractivity contribution in [2.75, 3.05) is 7.05 Å². The van der Waals surface area contributed by atoms with Gasteiger partial charge in [0.2, 0.25) is 0 Å². The Morgan fingerprint density at radius 2 is 1.95 bits per heavy atom. The first-order chi connectivity index (χ1) is 10.1. The van der Waals surface area contributed by atoms with Gasteiger partial charge in [-0.2, -0.15) is 0 Å². The molecule has 21 heavy (non-hydrogen) atoms. The molecule has 1 heterocycles. The summed E-state index contributed by atoms with van der Waals surface area (Å²) in [7, 11) is 2.02. The minimum atomic E-state index is -0.135. The molecule has 1 aromatic carbocycles. The Bertz CT molecular complexity index is 492. The summed E-state index contributed by atoms with van der Waals surface area (Å²) in [6.07, 6.45) is 7.67. The van der Waals surface area contributed by atoms with Gasteiger partial charge in [0.15, 0.2) is 0 Å². The van der Waals surface area contributed by atoms with Crippen LogP contribution in [0.5, 0.6) is 11.5 Å². The highest BCUT2D eigenvalue weighted by atomic mass is 16.5. The van der Waals surface area contributed by atoms with Crippen LogP contribution >= 0.6 is 0 Å². The molecule has 1 aromatic rings. The molecule has 1 fully saturated rings. The molecule has 0 amide bonds. The van der Waals surface area contributed by atoms with Gasteiger partial charge < -0.3 is 14.8 Å². The average Bonchev–Trinajstić information content (AvgIpc) is 2.46. The summed E-state index contributed by atoms with van der Waals surface area (Å²) in [5.74, 6) is 1.92. The average molecular weight is 289 g/mol. The van der Waals surface area contributed by atoms with E-state index >= 15 is 0 Å². The second-order valence-corrected chi connectivity index (χ2v) is 6.98. The molecule has 3 heteroatoms. The van der Waals surface area contributed by atoms with Gasteiger partial charge >= 0.3 is 0 Å². The van der Waals surface area contributed by atoms with Crippen molar-refractivity contribution in [1.82, 2.24) is 5.32 Å². The Balaban J connectivity index is 1.79. The van der Waals surface area contributed by atoms with E-state index < -0.39 is 0 Å². The summed E-state index contributed by atoms with van der Waals surface area (Å²) in [5.41, 5.74) is 1.11. The molecule has 1 unspecified atom stereocenters. The van der Waals surface area contributed by atoms with E-state index in [2.05, 4.69) is 37.4 Å². The standard InChI is InChI=1S/C18H27NO2/c1-18(2)12-16(19-3)15-10-9-14(11-17(15)21-18)20-13-7-5-4-6-8-13/h9-11,13,16,19H,4-8,12H2,1-3H3. The smallest absolute Gasteiger partial charge is 0.128 e. The summed E-state index contributed by atoms with van der Waals surface area (Å²) >= 11 is 0. The Kier molecular flexibility index (Phi) is 4.12. The zero-order chi connectivity index (χ0) is 14.9. The molecule has 3 rings (SSSR count).